The normalized spacial score (nSPS) is 15.4. The molecule has 1 heterocycles. The standard InChI is InChI=1S/C22H32N4O6S/c1-3-20(27)23-12-8-7-11-19(24-22(29)32-17-18-9-5-4-6-10-18)21(28)25-13-15-26(16-14-25)33(2,30)31/h3-6,9-10,19H,1,7-8,11-17H2,2H3,(H,23,27)(H,24,29). The van der Waals surface area contributed by atoms with Crippen molar-refractivity contribution in [2.45, 2.75) is 31.9 Å². The van der Waals surface area contributed by atoms with E-state index in [1.54, 1.807) is 4.90 Å². The Bertz CT molecular complexity index is 914. The average Bonchev–Trinajstić information content (AvgIpc) is 2.81. The minimum atomic E-state index is -3.31. The lowest BCUT2D eigenvalue weighted by atomic mass is 10.1. The predicted molar refractivity (Wildman–Crippen MR) is 124 cm³/mol. The van der Waals surface area contributed by atoms with Gasteiger partial charge in [-0.1, -0.05) is 36.9 Å². The van der Waals surface area contributed by atoms with Crippen LogP contribution in [0.25, 0.3) is 0 Å². The summed E-state index contributed by atoms with van der Waals surface area (Å²) in [4.78, 5) is 38.2. The summed E-state index contributed by atoms with van der Waals surface area (Å²) in [6.07, 6.45) is 3.18. The van der Waals surface area contributed by atoms with Gasteiger partial charge in [0.05, 0.1) is 6.26 Å². The number of sulfonamides is 1. The molecular formula is C22H32N4O6S. The maximum atomic E-state index is 13.1. The molecule has 10 nitrogen and oxygen atoms in total. The van der Waals surface area contributed by atoms with Crippen LogP contribution in [-0.2, 0) is 31.0 Å². The first-order valence-corrected chi connectivity index (χ1v) is 12.7. The molecule has 1 fully saturated rings. The molecule has 1 atom stereocenters. The van der Waals surface area contributed by atoms with Crippen molar-refractivity contribution in [3.05, 3.63) is 48.6 Å². The zero-order valence-electron chi connectivity index (χ0n) is 18.9. The summed E-state index contributed by atoms with van der Waals surface area (Å²) in [5.74, 6) is -0.552. The predicted octanol–water partition coefficient (Wildman–Crippen LogP) is 0.858. The molecule has 0 saturated carbocycles. The highest BCUT2D eigenvalue weighted by Gasteiger charge is 2.31. The zero-order valence-corrected chi connectivity index (χ0v) is 19.7. The summed E-state index contributed by atoms with van der Waals surface area (Å²) in [5, 5.41) is 5.32. The van der Waals surface area contributed by atoms with Gasteiger partial charge in [-0.2, -0.15) is 4.31 Å². The van der Waals surface area contributed by atoms with Gasteiger partial charge in [-0.3, -0.25) is 9.59 Å². The summed E-state index contributed by atoms with van der Waals surface area (Å²) in [6.45, 7) is 4.82. The lowest BCUT2D eigenvalue weighted by molar-refractivity contribution is -0.134. The van der Waals surface area contributed by atoms with Crippen molar-refractivity contribution in [1.29, 1.82) is 0 Å². The second-order valence-corrected chi connectivity index (χ2v) is 9.72. The van der Waals surface area contributed by atoms with Crippen molar-refractivity contribution in [2.75, 3.05) is 39.0 Å². The molecule has 0 aliphatic carbocycles. The van der Waals surface area contributed by atoms with Crippen LogP contribution in [0.1, 0.15) is 24.8 Å². The number of hydrogen-bond acceptors (Lipinski definition) is 6. The van der Waals surface area contributed by atoms with Crippen LogP contribution in [0.3, 0.4) is 0 Å². The van der Waals surface area contributed by atoms with Crippen molar-refractivity contribution < 1.29 is 27.5 Å². The number of piperazine rings is 1. The van der Waals surface area contributed by atoms with Crippen LogP contribution in [0.5, 0.6) is 0 Å². The lowest BCUT2D eigenvalue weighted by Gasteiger charge is -2.35. The summed E-state index contributed by atoms with van der Waals surface area (Å²) in [6, 6.07) is 8.38. The van der Waals surface area contributed by atoms with Gasteiger partial charge >= 0.3 is 6.09 Å². The summed E-state index contributed by atoms with van der Waals surface area (Å²) >= 11 is 0. The lowest BCUT2D eigenvalue weighted by Crippen LogP contribution is -2.55. The van der Waals surface area contributed by atoms with Gasteiger partial charge in [0.2, 0.25) is 21.8 Å². The Kier molecular flexibility index (Phi) is 10.3. The van der Waals surface area contributed by atoms with Gasteiger partial charge in [-0.25, -0.2) is 13.2 Å². The number of carbonyl (C=O) groups is 3. The number of alkyl carbamates (subject to hydrolysis) is 1. The highest BCUT2D eigenvalue weighted by Crippen LogP contribution is 2.11. The van der Waals surface area contributed by atoms with E-state index in [0.29, 0.717) is 25.8 Å². The Labute approximate surface area is 195 Å². The van der Waals surface area contributed by atoms with E-state index in [4.69, 9.17) is 4.74 Å². The van der Waals surface area contributed by atoms with Crippen molar-refractivity contribution in [1.82, 2.24) is 19.8 Å². The molecular weight excluding hydrogens is 448 g/mol. The highest BCUT2D eigenvalue weighted by atomic mass is 32.2. The SMILES string of the molecule is C=CC(=O)NCCCCC(NC(=O)OCc1ccccc1)C(=O)N1CCN(S(C)(=O)=O)CC1. The van der Waals surface area contributed by atoms with E-state index in [0.717, 1.165) is 11.8 Å². The number of nitrogens with one attached hydrogen (secondary N) is 2. The van der Waals surface area contributed by atoms with Gasteiger partial charge in [-0.05, 0) is 30.9 Å². The molecule has 0 bridgehead atoms. The number of hydrogen-bond donors (Lipinski definition) is 2. The number of carbonyl (C=O) groups excluding carboxylic acids is 3. The second-order valence-electron chi connectivity index (χ2n) is 7.74. The molecule has 0 aromatic heterocycles. The smallest absolute Gasteiger partial charge is 0.408 e. The Morgan fingerprint density at radius 1 is 1.12 bits per heavy atom. The van der Waals surface area contributed by atoms with E-state index in [2.05, 4.69) is 17.2 Å². The molecule has 1 aromatic carbocycles. The molecule has 182 valence electrons. The number of amides is 3. The summed E-state index contributed by atoms with van der Waals surface area (Å²) in [5.41, 5.74) is 0.824. The minimum absolute atomic E-state index is 0.0776. The first-order chi connectivity index (χ1) is 15.7. The first kappa shape index (κ1) is 26.3. The molecule has 0 radical (unpaired) electrons. The Morgan fingerprint density at radius 2 is 1.79 bits per heavy atom. The van der Waals surface area contributed by atoms with Gasteiger partial charge in [-0.15, -0.1) is 0 Å². The van der Waals surface area contributed by atoms with Gasteiger partial charge in [0.15, 0.2) is 0 Å². The number of nitrogens with zero attached hydrogens (tertiary/aromatic N) is 2. The molecule has 1 aliphatic heterocycles. The number of rotatable bonds is 11. The van der Waals surface area contributed by atoms with E-state index < -0.39 is 22.2 Å². The molecule has 33 heavy (non-hydrogen) atoms. The average molecular weight is 481 g/mol. The van der Waals surface area contributed by atoms with Crippen LogP contribution in [0.15, 0.2) is 43.0 Å². The third-order valence-corrected chi connectivity index (χ3v) is 6.53. The summed E-state index contributed by atoms with van der Waals surface area (Å²) in [7, 11) is -3.31. The molecule has 0 spiro atoms. The third-order valence-electron chi connectivity index (χ3n) is 5.23. The largest absolute Gasteiger partial charge is 0.445 e. The van der Waals surface area contributed by atoms with E-state index in [-0.39, 0.29) is 44.6 Å². The van der Waals surface area contributed by atoms with Crippen LogP contribution >= 0.6 is 0 Å². The Hall–Kier alpha value is -2.92. The molecule has 1 aromatic rings. The van der Waals surface area contributed by atoms with E-state index in [1.807, 2.05) is 30.3 Å². The first-order valence-electron chi connectivity index (χ1n) is 10.8. The van der Waals surface area contributed by atoms with Crippen LogP contribution < -0.4 is 10.6 Å². The van der Waals surface area contributed by atoms with Gasteiger partial charge < -0.3 is 20.3 Å². The fourth-order valence-corrected chi connectivity index (χ4v) is 4.21. The summed E-state index contributed by atoms with van der Waals surface area (Å²) < 4.78 is 30.0. The molecule has 2 N–H and O–H groups in total. The quantitative estimate of drug-likeness (QED) is 0.357. The van der Waals surface area contributed by atoms with Crippen LogP contribution in [0.2, 0.25) is 0 Å². The van der Waals surface area contributed by atoms with Crippen molar-refractivity contribution in [2.24, 2.45) is 0 Å². The monoisotopic (exact) mass is 480 g/mol. The maximum Gasteiger partial charge on any atom is 0.408 e. The number of benzene rings is 1. The maximum absolute atomic E-state index is 13.1. The Balaban J connectivity index is 1.92. The Morgan fingerprint density at radius 3 is 2.39 bits per heavy atom. The van der Waals surface area contributed by atoms with Gasteiger partial charge in [0, 0.05) is 32.7 Å². The molecule has 3 amide bonds. The van der Waals surface area contributed by atoms with Gasteiger partial charge in [0.25, 0.3) is 0 Å². The molecule has 1 aliphatic rings. The second kappa shape index (κ2) is 12.9. The molecule has 11 heteroatoms. The number of unbranched alkanes of at least 4 members (excludes halogenated alkanes) is 1. The fraction of sp³-hybridized carbons (Fsp3) is 0.500. The van der Waals surface area contributed by atoms with Crippen LogP contribution in [-0.4, -0.2) is 80.6 Å². The number of ether oxygens (including phenoxy) is 1. The van der Waals surface area contributed by atoms with Crippen molar-refractivity contribution in [3.8, 4) is 0 Å². The zero-order chi connectivity index (χ0) is 24.3. The topological polar surface area (TPSA) is 125 Å². The third kappa shape index (κ3) is 9.22. The van der Waals surface area contributed by atoms with Crippen LogP contribution in [0.4, 0.5) is 4.79 Å². The molecule has 1 saturated heterocycles. The van der Waals surface area contributed by atoms with E-state index in [1.165, 1.54) is 10.4 Å². The molecule has 1 unspecified atom stereocenters. The van der Waals surface area contributed by atoms with Crippen LogP contribution in [0, 0.1) is 0 Å². The van der Waals surface area contributed by atoms with E-state index in [9.17, 15) is 22.8 Å². The fourth-order valence-electron chi connectivity index (χ4n) is 3.38. The highest BCUT2D eigenvalue weighted by molar-refractivity contribution is 7.88. The van der Waals surface area contributed by atoms with Crippen molar-refractivity contribution >= 4 is 27.9 Å². The minimum Gasteiger partial charge on any atom is -0.445 e. The van der Waals surface area contributed by atoms with Crippen molar-refractivity contribution in [3.63, 3.8) is 0 Å². The van der Waals surface area contributed by atoms with E-state index >= 15 is 0 Å². The molecule has 2 rings (SSSR count). The van der Waals surface area contributed by atoms with Gasteiger partial charge in [0.1, 0.15) is 12.6 Å².